The summed E-state index contributed by atoms with van der Waals surface area (Å²) >= 11 is 0. The van der Waals surface area contributed by atoms with Crippen molar-refractivity contribution >= 4 is 0 Å². The fourth-order valence-corrected chi connectivity index (χ4v) is 1.23. The molecule has 0 fully saturated rings. The van der Waals surface area contributed by atoms with Crippen molar-refractivity contribution in [1.29, 1.82) is 0 Å². The Morgan fingerprint density at radius 2 is 2.15 bits per heavy atom. The second kappa shape index (κ2) is 9.81. The summed E-state index contributed by atoms with van der Waals surface area (Å²) < 4.78 is 0. The van der Waals surface area contributed by atoms with Crippen molar-refractivity contribution in [2.45, 2.75) is 19.8 Å². The first-order valence-corrected chi connectivity index (χ1v) is 3.72. The second-order valence-corrected chi connectivity index (χ2v) is 2.41. The molecule has 13 heavy (non-hydrogen) atoms. The Balaban J connectivity index is -0.000000333. The van der Waals surface area contributed by atoms with E-state index in [-0.39, 0.29) is 34.6 Å². The van der Waals surface area contributed by atoms with Crippen LogP contribution in [0.4, 0.5) is 0 Å². The second-order valence-electron chi connectivity index (χ2n) is 2.41. The third-order valence-electron chi connectivity index (χ3n) is 1.77. The Morgan fingerprint density at radius 3 is 2.62 bits per heavy atom. The van der Waals surface area contributed by atoms with E-state index in [0.29, 0.717) is 0 Å². The van der Waals surface area contributed by atoms with Crippen molar-refractivity contribution in [3.8, 4) is 0 Å². The molecule has 0 saturated heterocycles. The molecular weight excluding hydrogens is 334 g/mol. The normalized spacial score (nSPS) is 12.4. The van der Waals surface area contributed by atoms with E-state index in [4.69, 9.17) is 0 Å². The van der Waals surface area contributed by atoms with Crippen molar-refractivity contribution in [2.75, 3.05) is 0 Å². The van der Waals surface area contributed by atoms with Gasteiger partial charge in [-0.2, -0.15) is 19.1 Å². The van der Waals surface area contributed by atoms with Crippen LogP contribution in [0.3, 0.4) is 0 Å². The third kappa shape index (κ3) is 5.12. The minimum Gasteiger partial charge on any atom is -0.358 e. The quantitative estimate of drug-likeness (QED) is 0.674. The molecule has 0 atom stereocenters. The monoisotopic (exact) mass is 355 g/mol. The predicted molar refractivity (Wildman–Crippen MR) is 58.4 cm³/mol. The van der Waals surface area contributed by atoms with Crippen LogP contribution in [0.1, 0.15) is 19.8 Å². The first kappa shape index (κ1) is 18.5. The zero-order chi connectivity index (χ0) is 7.40. The van der Waals surface area contributed by atoms with Crippen LogP contribution in [0.15, 0.2) is 36.0 Å². The van der Waals surface area contributed by atoms with Gasteiger partial charge in [0.05, 0.1) is 0 Å². The van der Waals surface area contributed by atoms with Gasteiger partial charge in [-0.3, -0.25) is 0 Å². The first-order chi connectivity index (χ1) is 4.88. The van der Waals surface area contributed by atoms with Gasteiger partial charge < -0.3 is 14.9 Å². The van der Waals surface area contributed by atoms with E-state index in [2.05, 4.69) is 32.1 Å². The summed E-state index contributed by atoms with van der Waals surface area (Å²) in [6.45, 7) is 5.86. The van der Waals surface area contributed by atoms with Gasteiger partial charge in [0.15, 0.2) is 0 Å². The summed E-state index contributed by atoms with van der Waals surface area (Å²) in [5.41, 5.74) is 2.89. The van der Waals surface area contributed by atoms with Crippen LogP contribution in [0.25, 0.3) is 0 Å². The van der Waals surface area contributed by atoms with Crippen molar-refractivity contribution in [3.05, 3.63) is 57.2 Å². The minimum absolute atomic E-state index is 0. The Morgan fingerprint density at radius 1 is 1.54 bits per heavy atom. The predicted octanol–water partition coefficient (Wildman–Crippen LogP) is 3.94. The van der Waals surface area contributed by atoms with Gasteiger partial charge >= 0.3 is 0 Å². The van der Waals surface area contributed by atoms with E-state index in [0.717, 1.165) is 12.8 Å². The number of allylic oxidation sites excluding steroid dienone is 5. The van der Waals surface area contributed by atoms with Crippen LogP contribution in [-0.4, -0.2) is 0 Å². The van der Waals surface area contributed by atoms with Gasteiger partial charge in [-0.05, 0) is 6.42 Å². The molecule has 0 aromatic heterocycles. The molecule has 0 aromatic rings. The number of hydrogen-bond acceptors (Lipinski definition) is 0. The maximum absolute atomic E-state index is 3.68. The molecule has 1 heteroatoms. The molecular formula is C12H19Os-3. The average molecular weight is 354 g/mol. The SMILES string of the molecule is C=C[CH-]C1=C(CC)C=CC1.[CH3-].[CH3-].[Os]. The fraction of sp³-hybridized carbons (Fsp3) is 0.250. The van der Waals surface area contributed by atoms with Crippen molar-refractivity contribution in [1.82, 2.24) is 0 Å². The molecule has 0 aromatic carbocycles. The van der Waals surface area contributed by atoms with Crippen LogP contribution < -0.4 is 0 Å². The molecule has 0 bridgehead atoms. The number of hydrogen-bond donors (Lipinski definition) is 0. The average Bonchev–Trinajstić information content (AvgIpc) is 2.36. The van der Waals surface area contributed by atoms with Crippen LogP contribution in [0.2, 0.25) is 0 Å². The van der Waals surface area contributed by atoms with Crippen LogP contribution in [0.5, 0.6) is 0 Å². The van der Waals surface area contributed by atoms with E-state index in [9.17, 15) is 0 Å². The molecule has 0 nitrogen and oxygen atoms in total. The molecule has 1 aliphatic carbocycles. The fourth-order valence-electron chi connectivity index (χ4n) is 1.23. The smallest absolute Gasteiger partial charge is 0 e. The Labute approximate surface area is 96.9 Å². The van der Waals surface area contributed by atoms with Gasteiger partial charge in [0.2, 0.25) is 0 Å². The van der Waals surface area contributed by atoms with Crippen molar-refractivity contribution in [2.24, 2.45) is 0 Å². The standard InChI is InChI=1S/C10H13.2CH3.Os/c1-3-6-10-8-5-7-9(10)4-2;;;/h3,5-7H,1,4,8H2,2H3;2*1H3;/q3*-1;. The van der Waals surface area contributed by atoms with Gasteiger partial charge in [-0.15, -0.1) is 17.2 Å². The molecule has 1 aliphatic rings. The summed E-state index contributed by atoms with van der Waals surface area (Å²) in [7, 11) is 0. The van der Waals surface area contributed by atoms with Gasteiger partial charge in [-0.1, -0.05) is 19.4 Å². The van der Waals surface area contributed by atoms with E-state index in [1.807, 2.05) is 6.08 Å². The Kier molecular flexibility index (Phi) is 14.0. The van der Waals surface area contributed by atoms with Crippen LogP contribution in [-0.2, 0) is 19.8 Å². The van der Waals surface area contributed by atoms with Crippen LogP contribution in [0, 0.1) is 21.3 Å². The molecule has 0 saturated carbocycles. The van der Waals surface area contributed by atoms with Gasteiger partial charge in [0.25, 0.3) is 0 Å². The van der Waals surface area contributed by atoms with E-state index >= 15 is 0 Å². The zero-order valence-electron chi connectivity index (χ0n) is 8.78. The topological polar surface area (TPSA) is 0 Å². The van der Waals surface area contributed by atoms with Crippen LogP contribution >= 0.6 is 0 Å². The summed E-state index contributed by atoms with van der Waals surface area (Å²) in [5.74, 6) is 0. The van der Waals surface area contributed by atoms with Gasteiger partial charge in [0.1, 0.15) is 0 Å². The van der Waals surface area contributed by atoms with Crippen molar-refractivity contribution < 1.29 is 19.8 Å². The summed E-state index contributed by atoms with van der Waals surface area (Å²) in [6, 6.07) is 0. The minimum atomic E-state index is 0. The summed E-state index contributed by atoms with van der Waals surface area (Å²) in [5, 5.41) is 0. The van der Waals surface area contributed by atoms with E-state index < -0.39 is 0 Å². The first-order valence-electron chi connectivity index (χ1n) is 3.72. The van der Waals surface area contributed by atoms with Crippen molar-refractivity contribution in [3.63, 3.8) is 0 Å². The molecule has 78 valence electrons. The van der Waals surface area contributed by atoms with Gasteiger partial charge in [-0.25, -0.2) is 0 Å². The summed E-state index contributed by atoms with van der Waals surface area (Å²) in [4.78, 5) is 0. The zero-order valence-corrected chi connectivity index (χ0v) is 11.3. The van der Waals surface area contributed by atoms with Gasteiger partial charge in [0, 0.05) is 19.8 Å². The van der Waals surface area contributed by atoms with E-state index in [1.165, 1.54) is 11.1 Å². The molecule has 0 aliphatic heterocycles. The molecule has 0 heterocycles. The largest absolute Gasteiger partial charge is 0.358 e. The maximum Gasteiger partial charge on any atom is 0 e. The number of rotatable bonds is 3. The molecule has 0 N–H and O–H groups in total. The molecule has 0 radical (unpaired) electrons. The molecule has 0 unspecified atom stereocenters. The van der Waals surface area contributed by atoms with E-state index in [1.54, 1.807) is 0 Å². The maximum atomic E-state index is 3.68. The Hall–Kier alpha value is -0.274. The third-order valence-corrected chi connectivity index (χ3v) is 1.77. The molecule has 0 spiro atoms. The molecule has 1 rings (SSSR count). The molecule has 0 amide bonds. The summed E-state index contributed by atoms with van der Waals surface area (Å²) in [6.07, 6.45) is 10.6. The Bertz CT molecular complexity index is 187.